The summed E-state index contributed by atoms with van der Waals surface area (Å²) in [5, 5.41) is 2.86. The molecule has 0 saturated heterocycles. The summed E-state index contributed by atoms with van der Waals surface area (Å²) in [7, 11) is 0. The Bertz CT molecular complexity index is 368. The van der Waals surface area contributed by atoms with Crippen molar-refractivity contribution in [3.8, 4) is 0 Å². The largest absolute Gasteiger partial charge is 0.371 e. The number of carbonyl (C=O) groups is 1. The van der Waals surface area contributed by atoms with E-state index in [0.717, 1.165) is 19.3 Å². The van der Waals surface area contributed by atoms with Gasteiger partial charge in [-0.15, -0.1) is 0 Å². The number of carbonyl (C=O) groups excluding carboxylic acids is 1. The number of primary amides is 1. The zero-order valence-electron chi connectivity index (χ0n) is 10.1. The highest BCUT2D eigenvalue weighted by molar-refractivity contribution is 5.82. The van der Waals surface area contributed by atoms with Gasteiger partial charge in [0, 0.05) is 0 Å². The first kappa shape index (κ1) is 13.5. The Morgan fingerprint density at radius 2 is 2.12 bits per heavy atom. The van der Waals surface area contributed by atoms with Crippen LogP contribution in [-0.2, 0) is 4.79 Å². The highest BCUT2D eigenvalue weighted by Gasteiger charge is 2.15. The smallest absolute Gasteiger partial charge is 0.239 e. The molecule has 0 bridgehead atoms. The Kier molecular flexibility index (Phi) is 5.46. The van der Waals surface area contributed by atoms with Gasteiger partial charge in [0.25, 0.3) is 0 Å². The predicted octanol–water partition coefficient (Wildman–Crippen LogP) is 2.67. The Morgan fingerprint density at radius 3 is 2.71 bits per heavy atom. The van der Waals surface area contributed by atoms with Gasteiger partial charge < -0.3 is 11.1 Å². The maximum atomic E-state index is 13.4. The van der Waals surface area contributed by atoms with Crippen LogP contribution >= 0.6 is 0 Å². The second-order valence-corrected chi connectivity index (χ2v) is 4.07. The third-order valence-corrected chi connectivity index (χ3v) is 2.64. The summed E-state index contributed by atoms with van der Waals surface area (Å²) in [6.45, 7) is 2.09. The van der Waals surface area contributed by atoms with Crippen molar-refractivity contribution in [3.05, 3.63) is 30.1 Å². The first-order chi connectivity index (χ1) is 8.15. The van der Waals surface area contributed by atoms with Gasteiger partial charge in [0.05, 0.1) is 5.69 Å². The molecule has 1 aromatic rings. The van der Waals surface area contributed by atoms with E-state index in [0.29, 0.717) is 12.1 Å². The summed E-state index contributed by atoms with van der Waals surface area (Å²) in [5.41, 5.74) is 5.62. The first-order valence-corrected chi connectivity index (χ1v) is 5.95. The van der Waals surface area contributed by atoms with Crippen molar-refractivity contribution in [2.75, 3.05) is 5.32 Å². The zero-order valence-corrected chi connectivity index (χ0v) is 10.1. The fourth-order valence-electron chi connectivity index (χ4n) is 1.65. The van der Waals surface area contributed by atoms with Gasteiger partial charge in [0.2, 0.25) is 5.91 Å². The van der Waals surface area contributed by atoms with Gasteiger partial charge in [-0.05, 0) is 18.6 Å². The van der Waals surface area contributed by atoms with Crippen LogP contribution in [0.2, 0.25) is 0 Å². The standard InChI is InChI=1S/C13H19FN2O/c1-2-3-4-9-12(13(15)17)16-11-8-6-5-7-10(11)14/h5-8,12,16H,2-4,9H2,1H3,(H2,15,17). The van der Waals surface area contributed by atoms with Gasteiger partial charge in [0.15, 0.2) is 0 Å². The molecule has 3 nitrogen and oxygen atoms in total. The summed E-state index contributed by atoms with van der Waals surface area (Å²) in [6, 6.07) is 5.78. The van der Waals surface area contributed by atoms with Crippen molar-refractivity contribution in [2.24, 2.45) is 5.73 Å². The van der Waals surface area contributed by atoms with Crippen molar-refractivity contribution in [2.45, 2.75) is 38.6 Å². The molecule has 94 valence electrons. The minimum atomic E-state index is -0.501. The number of unbranched alkanes of at least 4 members (excludes halogenated alkanes) is 2. The monoisotopic (exact) mass is 238 g/mol. The lowest BCUT2D eigenvalue weighted by Gasteiger charge is -2.16. The average Bonchev–Trinajstić information content (AvgIpc) is 2.30. The van der Waals surface area contributed by atoms with Crippen LogP contribution in [0.25, 0.3) is 0 Å². The molecule has 1 rings (SSSR count). The lowest BCUT2D eigenvalue weighted by atomic mass is 10.1. The Balaban J connectivity index is 2.61. The van der Waals surface area contributed by atoms with Crippen molar-refractivity contribution in [1.29, 1.82) is 0 Å². The molecule has 0 aliphatic heterocycles. The van der Waals surface area contributed by atoms with E-state index in [1.165, 1.54) is 6.07 Å². The van der Waals surface area contributed by atoms with Gasteiger partial charge in [-0.1, -0.05) is 38.3 Å². The van der Waals surface area contributed by atoms with E-state index in [-0.39, 0.29) is 5.82 Å². The number of nitrogens with two attached hydrogens (primary N) is 1. The van der Waals surface area contributed by atoms with E-state index in [1.54, 1.807) is 18.2 Å². The molecule has 0 radical (unpaired) electrons. The highest BCUT2D eigenvalue weighted by Crippen LogP contribution is 2.15. The van der Waals surface area contributed by atoms with Gasteiger partial charge in [0.1, 0.15) is 11.9 Å². The number of halogens is 1. The molecule has 17 heavy (non-hydrogen) atoms. The Morgan fingerprint density at radius 1 is 1.41 bits per heavy atom. The molecule has 0 aromatic heterocycles. The third kappa shape index (κ3) is 4.43. The molecule has 0 fully saturated rings. The Labute approximate surface area is 101 Å². The fraction of sp³-hybridized carbons (Fsp3) is 0.462. The van der Waals surface area contributed by atoms with E-state index in [1.807, 2.05) is 0 Å². The molecule has 0 heterocycles. The number of hydrogen-bond acceptors (Lipinski definition) is 2. The van der Waals surface area contributed by atoms with Crippen LogP contribution in [0.4, 0.5) is 10.1 Å². The lowest BCUT2D eigenvalue weighted by Crippen LogP contribution is -2.35. The minimum absolute atomic E-state index is 0.327. The second-order valence-electron chi connectivity index (χ2n) is 4.07. The number of hydrogen-bond donors (Lipinski definition) is 2. The van der Waals surface area contributed by atoms with Gasteiger partial charge in [-0.3, -0.25) is 4.79 Å². The number of amides is 1. The summed E-state index contributed by atoms with van der Waals surface area (Å²) in [6.07, 6.45) is 3.66. The SMILES string of the molecule is CCCCCC(Nc1ccccc1F)C(N)=O. The van der Waals surface area contributed by atoms with Crippen molar-refractivity contribution in [3.63, 3.8) is 0 Å². The summed E-state index contributed by atoms with van der Waals surface area (Å²) >= 11 is 0. The van der Waals surface area contributed by atoms with Gasteiger partial charge >= 0.3 is 0 Å². The highest BCUT2D eigenvalue weighted by atomic mass is 19.1. The molecule has 0 aliphatic rings. The van der Waals surface area contributed by atoms with Crippen LogP contribution in [0.5, 0.6) is 0 Å². The number of anilines is 1. The van der Waals surface area contributed by atoms with Crippen LogP contribution < -0.4 is 11.1 Å². The fourth-order valence-corrected chi connectivity index (χ4v) is 1.65. The van der Waals surface area contributed by atoms with E-state index in [4.69, 9.17) is 5.73 Å². The number of para-hydroxylation sites is 1. The third-order valence-electron chi connectivity index (χ3n) is 2.64. The topological polar surface area (TPSA) is 55.1 Å². The van der Waals surface area contributed by atoms with Crippen molar-refractivity contribution >= 4 is 11.6 Å². The van der Waals surface area contributed by atoms with E-state index < -0.39 is 11.9 Å². The molecule has 1 amide bonds. The molecule has 0 saturated carbocycles. The maximum absolute atomic E-state index is 13.4. The van der Waals surface area contributed by atoms with Gasteiger partial charge in [-0.25, -0.2) is 4.39 Å². The van der Waals surface area contributed by atoms with Crippen LogP contribution in [0.1, 0.15) is 32.6 Å². The minimum Gasteiger partial charge on any atom is -0.371 e. The zero-order chi connectivity index (χ0) is 12.7. The summed E-state index contributed by atoms with van der Waals surface area (Å²) in [5.74, 6) is -0.807. The average molecular weight is 238 g/mol. The van der Waals surface area contributed by atoms with Crippen molar-refractivity contribution < 1.29 is 9.18 Å². The van der Waals surface area contributed by atoms with Gasteiger partial charge in [-0.2, -0.15) is 0 Å². The Hall–Kier alpha value is -1.58. The van der Waals surface area contributed by atoms with Crippen LogP contribution in [-0.4, -0.2) is 11.9 Å². The number of rotatable bonds is 7. The molecule has 4 heteroatoms. The summed E-state index contributed by atoms with van der Waals surface area (Å²) < 4.78 is 13.4. The molecular weight excluding hydrogens is 219 g/mol. The lowest BCUT2D eigenvalue weighted by molar-refractivity contribution is -0.118. The maximum Gasteiger partial charge on any atom is 0.239 e. The quantitative estimate of drug-likeness (QED) is 0.717. The molecule has 1 aromatic carbocycles. The van der Waals surface area contributed by atoms with Crippen LogP contribution in [0, 0.1) is 5.82 Å². The number of benzene rings is 1. The van der Waals surface area contributed by atoms with Crippen LogP contribution in [0.15, 0.2) is 24.3 Å². The molecule has 1 unspecified atom stereocenters. The van der Waals surface area contributed by atoms with E-state index >= 15 is 0 Å². The number of nitrogens with one attached hydrogen (secondary N) is 1. The normalized spacial score (nSPS) is 12.1. The molecular formula is C13H19FN2O. The first-order valence-electron chi connectivity index (χ1n) is 5.95. The van der Waals surface area contributed by atoms with E-state index in [9.17, 15) is 9.18 Å². The predicted molar refractivity (Wildman–Crippen MR) is 67.1 cm³/mol. The van der Waals surface area contributed by atoms with Crippen molar-refractivity contribution in [1.82, 2.24) is 0 Å². The molecule has 1 atom stereocenters. The summed E-state index contributed by atoms with van der Waals surface area (Å²) in [4.78, 5) is 11.2. The second kappa shape index (κ2) is 6.89. The molecule has 3 N–H and O–H groups in total. The molecule has 0 spiro atoms. The van der Waals surface area contributed by atoms with E-state index in [2.05, 4.69) is 12.2 Å². The molecule has 0 aliphatic carbocycles. The van der Waals surface area contributed by atoms with Crippen LogP contribution in [0.3, 0.4) is 0 Å².